The predicted octanol–water partition coefficient (Wildman–Crippen LogP) is 5.75. The first-order valence-electron chi connectivity index (χ1n) is 9.92. The molecule has 0 unspecified atom stereocenters. The van der Waals surface area contributed by atoms with Crippen LogP contribution < -0.4 is 20.2 Å². The molecule has 0 aliphatic heterocycles. The summed E-state index contributed by atoms with van der Waals surface area (Å²) in [5, 5.41) is 7.51. The first-order chi connectivity index (χ1) is 16.3. The Labute approximate surface area is 211 Å². The lowest BCUT2D eigenvalue weighted by atomic mass is 10.2. The molecule has 0 aromatic heterocycles. The Bertz CT molecular complexity index is 1220. The lowest BCUT2D eigenvalue weighted by Crippen LogP contribution is -2.20. The maximum Gasteiger partial charge on any atom is 0.271 e. The Morgan fingerprint density at radius 2 is 1.74 bits per heavy atom. The van der Waals surface area contributed by atoms with Crippen LogP contribution in [-0.4, -0.2) is 31.7 Å². The Morgan fingerprint density at radius 1 is 1.00 bits per heavy atom. The average Bonchev–Trinajstić information content (AvgIpc) is 2.81. The first kappa shape index (κ1) is 25.4. The summed E-state index contributed by atoms with van der Waals surface area (Å²) >= 11 is 18.6. The van der Waals surface area contributed by atoms with E-state index in [0.29, 0.717) is 27.6 Å². The molecule has 0 atom stereocenters. The van der Waals surface area contributed by atoms with E-state index in [9.17, 15) is 9.59 Å². The van der Waals surface area contributed by atoms with E-state index in [-0.39, 0.29) is 22.4 Å². The molecule has 34 heavy (non-hydrogen) atoms. The highest BCUT2D eigenvalue weighted by Gasteiger charge is 2.12. The van der Waals surface area contributed by atoms with Crippen LogP contribution in [0.15, 0.2) is 59.7 Å². The Morgan fingerprint density at radius 3 is 2.41 bits per heavy atom. The number of nitrogens with one attached hydrogen (secondary N) is 2. The summed E-state index contributed by atoms with van der Waals surface area (Å²) in [4.78, 5) is 24.4. The fourth-order valence-electron chi connectivity index (χ4n) is 2.79. The molecule has 0 bridgehead atoms. The molecular weight excluding hydrogens is 501 g/mol. The highest BCUT2D eigenvalue weighted by molar-refractivity contribution is 6.37. The van der Waals surface area contributed by atoms with Crippen molar-refractivity contribution in [3.8, 4) is 11.5 Å². The van der Waals surface area contributed by atoms with Crippen LogP contribution in [-0.2, 0) is 4.79 Å². The summed E-state index contributed by atoms with van der Waals surface area (Å²) in [5.74, 6) is -0.105. The van der Waals surface area contributed by atoms with E-state index in [1.54, 1.807) is 54.6 Å². The van der Waals surface area contributed by atoms with Crippen molar-refractivity contribution in [1.82, 2.24) is 5.43 Å². The van der Waals surface area contributed by atoms with E-state index in [4.69, 9.17) is 44.3 Å². The number of rotatable bonds is 8. The lowest BCUT2D eigenvalue weighted by Gasteiger charge is -2.11. The quantitative estimate of drug-likeness (QED) is 0.293. The number of carbonyl (C=O) groups is 2. The van der Waals surface area contributed by atoms with E-state index < -0.39 is 11.8 Å². The molecule has 2 N–H and O–H groups in total. The number of hydrogen-bond acceptors (Lipinski definition) is 5. The monoisotopic (exact) mass is 519 g/mol. The van der Waals surface area contributed by atoms with Crippen LogP contribution in [0, 0.1) is 6.92 Å². The number of ether oxygens (including phenoxy) is 2. The van der Waals surface area contributed by atoms with E-state index >= 15 is 0 Å². The molecule has 0 aliphatic rings. The highest BCUT2D eigenvalue weighted by Crippen LogP contribution is 2.34. The van der Waals surface area contributed by atoms with E-state index in [1.807, 2.05) is 6.92 Å². The van der Waals surface area contributed by atoms with Crippen LogP contribution in [0.5, 0.6) is 11.5 Å². The fraction of sp³-hybridized carbons (Fsp3) is 0.125. The molecule has 3 rings (SSSR count). The second-order valence-electron chi connectivity index (χ2n) is 7.05. The third-order valence-electron chi connectivity index (χ3n) is 4.54. The van der Waals surface area contributed by atoms with Gasteiger partial charge in [0.25, 0.3) is 11.8 Å². The Kier molecular flexibility index (Phi) is 8.76. The van der Waals surface area contributed by atoms with Gasteiger partial charge in [-0.3, -0.25) is 9.59 Å². The molecule has 0 heterocycles. The van der Waals surface area contributed by atoms with Crippen molar-refractivity contribution < 1.29 is 19.1 Å². The zero-order valence-corrected chi connectivity index (χ0v) is 20.5. The highest BCUT2D eigenvalue weighted by atomic mass is 35.5. The van der Waals surface area contributed by atoms with E-state index in [1.165, 1.54) is 13.3 Å². The van der Waals surface area contributed by atoms with Crippen molar-refractivity contribution in [3.63, 3.8) is 0 Å². The van der Waals surface area contributed by atoms with Crippen LogP contribution in [0.1, 0.15) is 21.5 Å². The van der Waals surface area contributed by atoms with Crippen molar-refractivity contribution >= 4 is 58.5 Å². The molecule has 176 valence electrons. The van der Waals surface area contributed by atoms with Crippen LogP contribution in [0.2, 0.25) is 15.1 Å². The summed E-state index contributed by atoms with van der Waals surface area (Å²) < 4.78 is 10.6. The van der Waals surface area contributed by atoms with Crippen molar-refractivity contribution in [1.29, 1.82) is 0 Å². The van der Waals surface area contributed by atoms with Gasteiger partial charge in [-0.05, 0) is 60.5 Å². The summed E-state index contributed by atoms with van der Waals surface area (Å²) in [5.41, 5.74) is 4.78. The number of hydrogen-bond donors (Lipinski definition) is 2. The second-order valence-corrected chi connectivity index (χ2v) is 8.27. The van der Waals surface area contributed by atoms with Crippen molar-refractivity contribution in [2.24, 2.45) is 5.10 Å². The molecule has 3 aromatic rings. The maximum absolute atomic E-state index is 12.2. The number of amides is 2. The maximum atomic E-state index is 12.2. The molecule has 0 spiro atoms. The van der Waals surface area contributed by atoms with E-state index in [0.717, 1.165) is 5.56 Å². The zero-order chi connectivity index (χ0) is 24.7. The fourth-order valence-corrected chi connectivity index (χ4v) is 3.59. The van der Waals surface area contributed by atoms with Gasteiger partial charge in [-0.2, -0.15) is 5.10 Å². The zero-order valence-electron chi connectivity index (χ0n) is 18.2. The van der Waals surface area contributed by atoms with Gasteiger partial charge in [-0.25, -0.2) is 5.43 Å². The Balaban J connectivity index is 1.58. The van der Waals surface area contributed by atoms with Gasteiger partial charge >= 0.3 is 0 Å². The number of hydrazone groups is 1. The van der Waals surface area contributed by atoms with Crippen LogP contribution >= 0.6 is 34.8 Å². The molecule has 0 fully saturated rings. The topological polar surface area (TPSA) is 89.0 Å². The molecule has 10 heteroatoms. The predicted molar refractivity (Wildman–Crippen MR) is 135 cm³/mol. The first-order valence-corrected chi connectivity index (χ1v) is 11.1. The lowest BCUT2D eigenvalue weighted by molar-refractivity contribution is -0.118. The number of benzene rings is 3. The van der Waals surface area contributed by atoms with Gasteiger partial charge in [-0.15, -0.1) is 0 Å². The number of nitrogens with zero attached hydrogens (tertiary/aromatic N) is 1. The number of methoxy groups -OCH3 is 1. The largest absolute Gasteiger partial charge is 0.497 e. The normalized spacial score (nSPS) is 10.7. The van der Waals surface area contributed by atoms with Crippen LogP contribution in [0.3, 0.4) is 0 Å². The third kappa shape index (κ3) is 6.87. The Hall–Kier alpha value is -3.26. The van der Waals surface area contributed by atoms with Crippen LogP contribution in [0.4, 0.5) is 5.69 Å². The standard InChI is InChI=1S/C24H20Cl3N3O4/c1-14-6-7-17(11-19(14)25)29-22(31)13-34-23-20(26)8-15(9-21(23)27)12-28-30-24(32)16-4-3-5-18(10-16)33-2/h3-12H,13H2,1-2H3,(H,29,31)(H,30,32)/b28-12+. The number of aryl methyl sites for hydroxylation is 1. The van der Waals surface area contributed by atoms with E-state index in [2.05, 4.69) is 15.8 Å². The number of carbonyl (C=O) groups excluding carboxylic acids is 2. The SMILES string of the molecule is COc1cccc(C(=O)N/N=C/c2cc(Cl)c(OCC(=O)Nc3ccc(C)c(Cl)c3)c(Cl)c2)c1. The molecule has 0 saturated carbocycles. The van der Waals surface area contributed by atoms with Crippen LogP contribution in [0.25, 0.3) is 0 Å². The molecule has 3 aromatic carbocycles. The van der Waals surface area contributed by atoms with Gasteiger partial charge in [0, 0.05) is 16.3 Å². The number of anilines is 1. The molecule has 0 saturated heterocycles. The summed E-state index contributed by atoms with van der Waals surface area (Å²) in [6.45, 7) is 1.55. The van der Waals surface area contributed by atoms with Crippen molar-refractivity contribution in [2.75, 3.05) is 19.0 Å². The minimum atomic E-state index is -0.409. The molecule has 0 aliphatic carbocycles. The minimum Gasteiger partial charge on any atom is -0.497 e. The molecule has 7 nitrogen and oxygen atoms in total. The van der Waals surface area contributed by atoms with Gasteiger partial charge in [0.05, 0.1) is 23.4 Å². The summed E-state index contributed by atoms with van der Waals surface area (Å²) in [6, 6.07) is 14.9. The van der Waals surface area contributed by atoms with Crippen molar-refractivity contribution in [3.05, 3.63) is 86.4 Å². The molecular formula is C24H20Cl3N3O4. The second kappa shape index (κ2) is 11.7. The summed E-state index contributed by atoms with van der Waals surface area (Å²) in [7, 11) is 1.52. The van der Waals surface area contributed by atoms with Gasteiger partial charge in [0.15, 0.2) is 12.4 Å². The minimum absolute atomic E-state index is 0.151. The van der Waals surface area contributed by atoms with Crippen molar-refractivity contribution in [2.45, 2.75) is 6.92 Å². The molecule has 0 radical (unpaired) electrons. The van der Waals surface area contributed by atoms with Gasteiger partial charge in [-0.1, -0.05) is 46.9 Å². The van der Waals surface area contributed by atoms with Gasteiger partial charge in [0.2, 0.25) is 0 Å². The van der Waals surface area contributed by atoms with Gasteiger partial charge < -0.3 is 14.8 Å². The average molecular weight is 521 g/mol. The van der Waals surface area contributed by atoms with Gasteiger partial charge in [0.1, 0.15) is 5.75 Å². The number of halogens is 3. The third-order valence-corrected chi connectivity index (χ3v) is 5.50. The smallest absolute Gasteiger partial charge is 0.271 e. The summed E-state index contributed by atoms with van der Waals surface area (Å²) in [6.07, 6.45) is 1.38. The molecule has 2 amide bonds.